The number of hydrogen-bond acceptors (Lipinski definition) is 3. The predicted molar refractivity (Wildman–Crippen MR) is 80.5 cm³/mol. The second-order valence-corrected chi connectivity index (χ2v) is 4.68. The van der Waals surface area contributed by atoms with Crippen molar-refractivity contribution in [3.63, 3.8) is 0 Å². The van der Waals surface area contributed by atoms with Crippen molar-refractivity contribution in [3.8, 4) is 5.75 Å². The molecular weight excluding hydrogens is 266 g/mol. The Morgan fingerprint density at radius 1 is 1.24 bits per heavy atom. The van der Waals surface area contributed by atoms with Gasteiger partial charge in [-0.15, -0.1) is 0 Å². The molecule has 21 heavy (non-hydrogen) atoms. The van der Waals surface area contributed by atoms with E-state index in [4.69, 9.17) is 4.74 Å². The third kappa shape index (κ3) is 3.02. The van der Waals surface area contributed by atoms with Crippen molar-refractivity contribution in [1.82, 2.24) is 9.38 Å². The molecule has 1 N–H and O–H groups in total. The Morgan fingerprint density at radius 2 is 2.05 bits per heavy atom. The average Bonchev–Trinajstić information content (AvgIpc) is 2.88. The molecule has 106 valence electrons. The second-order valence-electron chi connectivity index (χ2n) is 4.68. The van der Waals surface area contributed by atoms with E-state index in [1.54, 1.807) is 0 Å². The number of ether oxygens (including phenoxy) is 1. The highest BCUT2D eigenvalue weighted by Crippen LogP contribution is 2.16. The zero-order chi connectivity index (χ0) is 14.7. The fourth-order valence-electron chi connectivity index (χ4n) is 2.08. The number of hydrogen-bond donors (Lipinski definition) is 1. The van der Waals surface area contributed by atoms with Crippen LogP contribution in [0.3, 0.4) is 0 Å². The van der Waals surface area contributed by atoms with Gasteiger partial charge >= 0.3 is 0 Å². The van der Waals surface area contributed by atoms with E-state index in [1.807, 2.05) is 66.2 Å². The molecule has 5 nitrogen and oxygen atoms in total. The molecule has 0 aliphatic heterocycles. The van der Waals surface area contributed by atoms with Crippen LogP contribution in [0.15, 0.2) is 54.9 Å². The van der Waals surface area contributed by atoms with E-state index in [-0.39, 0.29) is 12.5 Å². The van der Waals surface area contributed by atoms with E-state index in [0.717, 1.165) is 11.3 Å². The summed E-state index contributed by atoms with van der Waals surface area (Å²) in [6, 6.07) is 12.9. The Kier molecular flexibility index (Phi) is 3.55. The number of para-hydroxylation sites is 1. The topological polar surface area (TPSA) is 55.6 Å². The highest BCUT2D eigenvalue weighted by molar-refractivity contribution is 5.95. The number of nitrogens with zero attached hydrogens (tertiary/aromatic N) is 2. The second kappa shape index (κ2) is 5.66. The van der Waals surface area contributed by atoms with Gasteiger partial charge in [-0.1, -0.05) is 18.2 Å². The molecule has 0 unspecified atom stereocenters. The van der Waals surface area contributed by atoms with E-state index in [0.29, 0.717) is 11.4 Å². The van der Waals surface area contributed by atoms with Crippen LogP contribution in [0.25, 0.3) is 5.65 Å². The van der Waals surface area contributed by atoms with E-state index in [1.165, 1.54) is 0 Å². The first-order valence-corrected chi connectivity index (χ1v) is 6.64. The molecule has 3 aromatic rings. The molecule has 3 rings (SSSR count). The van der Waals surface area contributed by atoms with Crippen LogP contribution in [0.5, 0.6) is 5.75 Å². The Morgan fingerprint density at radius 3 is 2.86 bits per heavy atom. The summed E-state index contributed by atoms with van der Waals surface area (Å²) in [6.45, 7) is 1.88. The minimum atomic E-state index is -0.215. The molecule has 0 fully saturated rings. The number of carbonyl (C=O) groups is 1. The number of aromatic nitrogens is 2. The maximum absolute atomic E-state index is 12.0. The minimum Gasteiger partial charge on any atom is -0.484 e. The lowest BCUT2D eigenvalue weighted by Gasteiger charge is -2.08. The summed E-state index contributed by atoms with van der Waals surface area (Å²) in [4.78, 5) is 16.4. The van der Waals surface area contributed by atoms with Gasteiger partial charge in [0.25, 0.3) is 5.91 Å². The van der Waals surface area contributed by atoms with Gasteiger partial charge < -0.3 is 14.5 Å². The summed E-state index contributed by atoms with van der Waals surface area (Å²) in [7, 11) is 0. The summed E-state index contributed by atoms with van der Waals surface area (Å²) in [5, 5.41) is 2.82. The van der Waals surface area contributed by atoms with Crippen molar-refractivity contribution >= 4 is 17.2 Å². The summed E-state index contributed by atoms with van der Waals surface area (Å²) in [5.74, 6) is 0.454. The third-order valence-corrected chi connectivity index (χ3v) is 2.99. The molecular formula is C16H15N3O2. The Hall–Kier alpha value is -2.82. The highest BCUT2D eigenvalue weighted by atomic mass is 16.5. The van der Waals surface area contributed by atoms with Gasteiger partial charge in [0.2, 0.25) is 0 Å². The van der Waals surface area contributed by atoms with Crippen LogP contribution < -0.4 is 10.1 Å². The number of aryl methyl sites for hydroxylation is 1. The quantitative estimate of drug-likeness (QED) is 0.800. The lowest BCUT2D eigenvalue weighted by molar-refractivity contribution is -0.118. The normalized spacial score (nSPS) is 10.5. The number of fused-ring (bicyclic) bond motifs is 1. The van der Waals surface area contributed by atoms with Crippen LogP contribution in [0.1, 0.15) is 5.69 Å². The van der Waals surface area contributed by atoms with Crippen LogP contribution in [0.4, 0.5) is 5.69 Å². The van der Waals surface area contributed by atoms with E-state index < -0.39 is 0 Å². The zero-order valence-electron chi connectivity index (χ0n) is 11.6. The van der Waals surface area contributed by atoms with Gasteiger partial charge in [0.05, 0.1) is 11.4 Å². The summed E-state index contributed by atoms with van der Waals surface area (Å²) in [6.07, 6.45) is 3.80. The number of carbonyl (C=O) groups excluding carboxylic acids is 1. The molecule has 2 aromatic heterocycles. The molecule has 1 amide bonds. The summed E-state index contributed by atoms with van der Waals surface area (Å²) >= 11 is 0. The molecule has 0 bridgehead atoms. The number of imidazole rings is 1. The monoisotopic (exact) mass is 281 g/mol. The van der Waals surface area contributed by atoms with Crippen molar-refractivity contribution in [2.24, 2.45) is 0 Å². The van der Waals surface area contributed by atoms with Gasteiger partial charge in [-0.05, 0) is 31.2 Å². The van der Waals surface area contributed by atoms with E-state index >= 15 is 0 Å². The minimum absolute atomic E-state index is 0.0369. The number of benzene rings is 1. The van der Waals surface area contributed by atoms with Gasteiger partial charge in [-0.3, -0.25) is 4.79 Å². The molecule has 0 aliphatic carbocycles. The summed E-state index contributed by atoms with van der Waals surface area (Å²) < 4.78 is 7.30. The fraction of sp³-hybridized carbons (Fsp3) is 0.125. The molecule has 0 atom stereocenters. The molecule has 0 saturated carbocycles. The van der Waals surface area contributed by atoms with Crippen molar-refractivity contribution in [1.29, 1.82) is 0 Å². The standard InChI is InChI=1S/C16H15N3O2/c1-12-10-19-9-5-8-14(16(19)17-12)18-15(20)11-21-13-6-3-2-4-7-13/h2-10H,11H2,1H3,(H,18,20). The first kappa shape index (κ1) is 13.2. The predicted octanol–water partition coefficient (Wildman–Crippen LogP) is 2.66. The Labute approximate surface area is 122 Å². The van der Waals surface area contributed by atoms with Gasteiger partial charge in [0.15, 0.2) is 12.3 Å². The zero-order valence-corrected chi connectivity index (χ0v) is 11.6. The molecule has 0 spiro atoms. The van der Waals surface area contributed by atoms with Crippen LogP contribution in [0, 0.1) is 6.92 Å². The van der Waals surface area contributed by atoms with Crippen LogP contribution in [-0.4, -0.2) is 21.9 Å². The third-order valence-electron chi connectivity index (χ3n) is 2.99. The number of pyridine rings is 1. The maximum Gasteiger partial charge on any atom is 0.262 e. The van der Waals surface area contributed by atoms with Crippen molar-refractivity contribution < 1.29 is 9.53 Å². The highest BCUT2D eigenvalue weighted by Gasteiger charge is 2.08. The van der Waals surface area contributed by atoms with Gasteiger partial charge in [0, 0.05) is 12.4 Å². The lowest BCUT2D eigenvalue weighted by atomic mass is 10.3. The maximum atomic E-state index is 12.0. The molecule has 2 heterocycles. The van der Waals surface area contributed by atoms with Gasteiger partial charge in [-0.2, -0.15) is 0 Å². The first-order valence-electron chi connectivity index (χ1n) is 6.64. The van der Waals surface area contributed by atoms with Crippen LogP contribution in [-0.2, 0) is 4.79 Å². The van der Waals surface area contributed by atoms with Crippen molar-refractivity contribution in [3.05, 3.63) is 60.6 Å². The average molecular weight is 281 g/mol. The molecule has 5 heteroatoms. The number of nitrogens with one attached hydrogen (secondary N) is 1. The largest absolute Gasteiger partial charge is 0.484 e. The lowest BCUT2D eigenvalue weighted by Crippen LogP contribution is -2.20. The fourth-order valence-corrected chi connectivity index (χ4v) is 2.08. The van der Waals surface area contributed by atoms with Crippen LogP contribution >= 0.6 is 0 Å². The molecule has 0 radical (unpaired) electrons. The van der Waals surface area contributed by atoms with Crippen molar-refractivity contribution in [2.45, 2.75) is 6.92 Å². The van der Waals surface area contributed by atoms with Gasteiger partial charge in [0.1, 0.15) is 5.75 Å². The Balaban J connectivity index is 1.69. The van der Waals surface area contributed by atoms with Crippen molar-refractivity contribution in [2.75, 3.05) is 11.9 Å². The SMILES string of the molecule is Cc1cn2cccc(NC(=O)COc3ccccc3)c2n1. The number of anilines is 1. The Bertz CT molecular complexity index is 766. The van der Waals surface area contributed by atoms with E-state index in [2.05, 4.69) is 10.3 Å². The number of amides is 1. The molecule has 1 aromatic carbocycles. The van der Waals surface area contributed by atoms with Crippen LogP contribution in [0.2, 0.25) is 0 Å². The summed E-state index contributed by atoms with van der Waals surface area (Å²) in [5.41, 5.74) is 2.30. The number of rotatable bonds is 4. The first-order chi connectivity index (χ1) is 10.2. The smallest absolute Gasteiger partial charge is 0.262 e. The van der Waals surface area contributed by atoms with E-state index in [9.17, 15) is 4.79 Å². The molecule has 0 aliphatic rings. The molecule has 0 saturated heterocycles. The van der Waals surface area contributed by atoms with Gasteiger partial charge in [-0.25, -0.2) is 4.98 Å².